The summed E-state index contributed by atoms with van der Waals surface area (Å²) in [6.07, 6.45) is 4.95. The van der Waals surface area contributed by atoms with Gasteiger partial charge in [0.2, 0.25) is 11.8 Å². The quantitative estimate of drug-likeness (QED) is 0.594. The van der Waals surface area contributed by atoms with Crippen molar-refractivity contribution in [3.05, 3.63) is 36.2 Å². The zero-order valence-corrected chi connectivity index (χ0v) is 12.9. The van der Waals surface area contributed by atoms with E-state index in [9.17, 15) is 0 Å². The lowest BCUT2D eigenvalue weighted by Crippen LogP contribution is -2.14. The van der Waals surface area contributed by atoms with Gasteiger partial charge in [0.05, 0.1) is 0 Å². The zero-order chi connectivity index (χ0) is 13.1. The number of hydrogen-bond donors (Lipinski definition) is 0. The number of rotatable bonds is 3. The van der Waals surface area contributed by atoms with Crippen LogP contribution in [-0.2, 0) is 0 Å². The summed E-state index contributed by atoms with van der Waals surface area (Å²) < 4.78 is 7.12. The van der Waals surface area contributed by atoms with Crippen LogP contribution in [0.2, 0.25) is 0 Å². The van der Waals surface area contributed by atoms with Gasteiger partial charge in [-0.05, 0) is 43.7 Å². The predicted molar refractivity (Wildman–Crippen MR) is 83.3 cm³/mol. The molecule has 3 nitrogen and oxygen atoms in total. The molecule has 0 atom stereocenters. The maximum Gasteiger partial charge on any atom is 0.247 e. The first-order chi connectivity index (χ1) is 9.36. The second-order valence-electron chi connectivity index (χ2n) is 5.18. The van der Waals surface area contributed by atoms with E-state index in [-0.39, 0.29) is 0 Å². The van der Waals surface area contributed by atoms with Gasteiger partial charge in [0.15, 0.2) is 0 Å². The second-order valence-corrected chi connectivity index (χ2v) is 6.06. The SMILES string of the molecule is ICC1CCC(c2nnc(-c3ccccc3)o2)CC1. The summed E-state index contributed by atoms with van der Waals surface area (Å²) in [6, 6.07) is 9.98. The molecule has 2 aromatic rings. The minimum Gasteiger partial charge on any atom is -0.420 e. The zero-order valence-electron chi connectivity index (χ0n) is 10.8. The summed E-state index contributed by atoms with van der Waals surface area (Å²) >= 11 is 2.49. The van der Waals surface area contributed by atoms with E-state index in [4.69, 9.17) is 4.42 Å². The first-order valence-electron chi connectivity index (χ1n) is 6.81. The van der Waals surface area contributed by atoms with Crippen LogP contribution in [0.15, 0.2) is 34.7 Å². The van der Waals surface area contributed by atoms with Gasteiger partial charge in [0.25, 0.3) is 0 Å². The molecular formula is C15H17IN2O. The topological polar surface area (TPSA) is 38.9 Å². The molecule has 1 fully saturated rings. The predicted octanol–water partition coefficient (Wildman–Crippen LogP) is 4.45. The van der Waals surface area contributed by atoms with Crippen molar-refractivity contribution in [3.63, 3.8) is 0 Å². The molecule has 1 saturated carbocycles. The van der Waals surface area contributed by atoms with Crippen LogP contribution in [0.5, 0.6) is 0 Å². The highest BCUT2D eigenvalue weighted by Crippen LogP contribution is 2.36. The minimum atomic E-state index is 0.462. The number of aromatic nitrogens is 2. The van der Waals surface area contributed by atoms with Crippen LogP contribution in [0, 0.1) is 5.92 Å². The molecule has 0 amide bonds. The van der Waals surface area contributed by atoms with Gasteiger partial charge in [-0.25, -0.2) is 0 Å². The molecular weight excluding hydrogens is 351 g/mol. The van der Waals surface area contributed by atoms with Gasteiger partial charge in [-0.3, -0.25) is 0 Å². The van der Waals surface area contributed by atoms with Gasteiger partial charge < -0.3 is 4.42 Å². The Morgan fingerprint density at radius 2 is 1.79 bits per heavy atom. The van der Waals surface area contributed by atoms with E-state index in [0.29, 0.717) is 11.8 Å². The first-order valence-corrected chi connectivity index (χ1v) is 8.34. The van der Waals surface area contributed by atoms with E-state index in [2.05, 4.69) is 32.8 Å². The summed E-state index contributed by atoms with van der Waals surface area (Å²) in [5, 5.41) is 8.43. The van der Waals surface area contributed by atoms with Crippen molar-refractivity contribution in [1.29, 1.82) is 0 Å². The molecule has 1 aliphatic rings. The van der Waals surface area contributed by atoms with Crippen molar-refractivity contribution in [1.82, 2.24) is 10.2 Å². The third-order valence-corrected chi connectivity index (χ3v) is 5.12. The highest BCUT2D eigenvalue weighted by Gasteiger charge is 2.25. The highest BCUT2D eigenvalue weighted by molar-refractivity contribution is 14.1. The van der Waals surface area contributed by atoms with Crippen LogP contribution >= 0.6 is 22.6 Å². The minimum absolute atomic E-state index is 0.462. The molecule has 0 N–H and O–H groups in total. The summed E-state index contributed by atoms with van der Waals surface area (Å²) in [5.74, 6) is 2.81. The number of nitrogens with zero attached hydrogens (tertiary/aromatic N) is 2. The Bertz CT molecular complexity index is 518. The second kappa shape index (κ2) is 6.03. The maximum atomic E-state index is 5.85. The lowest BCUT2D eigenvalue weighted by atomic mass is 9.83. The van der Waals surface area contributed by atoms with Crippen LogP contribution in [-0.4, -0.2) is 14.6 Å². The van der Waals surface area contributed by atoms with Crippen LogP contribution in [0.4, 0.5) is 0 Å². The van der Waals surface area contributed by atoms with Gasteiger partial charge in [-0.1, -0.05) is 40.8 Å². The van der Waals surface area contributed by atoms with Gasteiger partial charge in [-0.2, -0.15) is 0 Å². The largest absolute Gasteiger partial charge is 0.420 e. The molecule has 1 aromatic carbocycles. The van der Waals surface area contributed by atoms with Crippen LogP contribution in [0.1, 0.15) is 37.5 Å². The molecule has 0 aliphatic heterocycles. The average Bonchev–Trinajstić information content (AvgIpc) is 2.98. The fourth-order valence-electron chi connectivity index (χ4n) is 2.66. The molecule has 1 aliphatic carbocycles. The van der Waals surface area contributed by atoms with Gasteiger partial charge >= 0.3 is 0 Å². The van der Waals surface area contributed by atoms with E-state index in [1.807, 2.05) is 30.3 Å². The molecule has 0 saturated heterocycles. The Kier molecular flexibility index (Phi) is 4.15. The maximum absolute atomic E-state index is 5.85. The normalized spacial score (nSPS) is 23.4. The number of hydrogen-bond acceptors (Lipinski definition) is 3. The van der Waals surface area contributed by atoms with Gasteiger partial charge in [-0.15, -0.1) is 10.2 Å². The molecule has 0 spiro atoms. The van der Waals surface area contributed by atoms with E-state index in [1.54, 1.807) is 0 Å². The first kappa shape index (κ1) is 13.1. The van der Waals surface area contributed by atoms with E-state index < -0.39 is 0 Å². The Morgan fingerprint density at radius 3 is 2.47 bits per heavy atom. The molecule has 3 rings (SSSR count). The van der Waals surface area contributed by atoms with Crippen molar-refractivity contribution in [2.45, 2.75) is 31.6 Å². The van der Waals surface area contributed by atoms with Gasteiger partial charge in [0, 0.05) is 15.9 Å². The number of halogens is 1. The highest BCUT2D eigenvalue weighted by atomic mass is 127. The summed E-state index contributed by atoms with van der Waals surface area (Å²) in [6.45, 7) is 0. The fourth-order valence-corrected chi connectivity index (χ4v) is 3.54. The van der Waals surface area contributed by atoms with E-state index >= 15 is 0 Å². The standard InChI is InChI=1S/C15H17IN2O/c16-10-11-6-8-13(9-7-11)15-18-17-14(19-15)12-4-2-1-3-5-12/h1-5,11,13H,6-10H2. The van der Waals surface area contributed by atoms with E-state index in [1.165, 1.54) is 30.1 Å². The van der Waals surface area contributed by atoms with Crippen LogP contribution in [0.3, 0.4) is 0 Å². The van der Waals surface area contributed by atoms with Crippen LogP contribution < -0.4 is 0 Å². The molecule has 19 heavy (non-hydrogen) atoms. The Labute approximate surface area is 127 Å². The summed E-state index contributed by atoms with van der Waals surface area (Å²) in [5.41, 5.74) is 1.00. The Balaban J connectivity index is 1.72. The molecule has 1 heterocycles. The fraction of sp³-hybridized carbons (Fsp3) is 0.467. The third kappa shape index (κ3) is 2.99. The average molecular weight is 368 g/mol. The summed E-state index contributed by atoms with van der Waals surface area (Å²) in [7, 11) is 0. The van der Waals surface area contributed by atoms with E-state index in [0.717, 1.165) is 17.4 Å². The molecule has 1 aromatic heterocycles. The monoisotopic (exact) mass is 368 g/mol. The Hall–Kier alpha value is -0.910. The molecule has 0 unspecified atom stereocenters. The van der Waals surface area contributed by atoms with Crippen LogP contribution in [0.25, 0.3) is 11.5 Å². The Morgan fingerprint density at radius 1 is 1.05 bits per heavy atom. The molecule has 0 bridgehead atoms. The van der Waals surface area contributed by atoms with Crippen molar-refractivity contribution < 1.29 is 4.42 Å². The third-order valence-electron chi connectivity index (χ3n) is 3.88. The molecule has 4 heteroatoms. The lowest BCUT2D eigenvalue weighted by molar-refractivity contribution is 0.314. The number of benzene rings is 1. The van der Waals surface area contributed by atoms with Crippen molar-refractivity contribution >= 4 is 22.6 Å². The van der Waals surface area contributed by atoms with Gasteiger partial charge in [0.1, 0.15) is 0 Å². The lowest BCUT2D eigenvalue weighted by Gasteiger charge is -2.24. The smallest absolute Gasteiger partial charge is 0.247 e. The molecule has 0 radical (unpaired) electrons. The molecule has 100 valence electrons. The van der Waals surface area contributed by atoms with Crippen molar-refractivity contribution in [3.8, 4) is 11.5 Å². The van der Waals surface area contributed by atoms with Crippen molar-refractivity contribution in [2.24, 2.45) is 5.92 Å². The number of alkyl halides is 1. The summed E-state index contributed by atoms with van der Waals surface area (Å²) in [4.78, 5) is 0. The van der Waals surface area contributed by atoms with Crippen molar-refractivity contribution in [2.75, 3.05) is 4.43 Å².